The number of hydrogen-bond acceptors (Lipinski definition) is 5. The lowest BCUT2D eigenvalue weighted by atomic mass is 10.2. The molecular weight excluding hydrogens is 368 g/mol. The Balaban J connectivity index is 1.82. The van der Waals surface area contributed by atoms with E-state index in [0.717, 1.165) is 18.2 Å². The summed E-state index contributed by atoms with van der Waals surface area (Å²) in [5.74, 6) is -3.28. The summed E-state index contributed by atoms with van der Waals surface area (Å²) in [5.41, 5.74) is -0.0240. The van der Waals surface area contributed by atoms with Crippen LogP contribution in [0.2, 0.25) is 0 Å². The van der Waals surface area contributed by atoms with Crippen molar-refractivity contribution in [1.29, 1.82) is 0 Å². The molecule has 1 aliphatic heterocycles. The van der Waals surface area contributed by atoms with Crippen molar-refractivity contribution in [3.63, 3.8) is 0 Å². The number of esters is 1. The molecule has 1 saturated heterocycles. The first-order chi connectivity index (χ1) is 12.4. The quantitative estimate of drug-likeness (QED) is 0.598. The molecule has 0 atom stereocenters. The second kappa shape index (κ2) is 7.48. The van der Waals surface area contributed by atoms with Gasteiger partial charge in [0.05, 0.1) is 23.7 Å². The van der Waals surface area contributed by atoms with Crippen molar-refractivity contribution in [2.24, 2.45) is 0 Å². The molecule has 0 bridgehead atoms. The van der Waals surface area contributed by atoms with Gasteiger partial charge < -0.3 is 9.47 Å². The lowest BCUT2D eigenvalue weighted by Gasteiger charge is -2.26. The van der Waals surface area contributed by atoms with Crippen LogP contribution in [-0.4, -0.2) is 45.0 Å². The van der Waals surface area contributed by atoms with Crippen LogP contribution in [0, 0.1) is 11.6 Å². The molecule has 9 heteroatoms. The summed E-state index contributed by atoms with van der Waals surface area (Å²) < 4.78 is 62.8. The van der Waals surface area contributed by atoms with Gasteiger partial charge in [-0.2, -0.15) is 4.31 Å². The maximum Gasteiger partial charge on any atom is 0.343 e. The van der Waals surface area contributed by atoms with Crippen LogP contribution in [0.15, 0.2) is 47.4 Å². The van der Waals surface area contributed by atoms with Crippen LogP contribution in [0.4, 0.5) is 8.78 Å². The molecule has 0 saturated carbocycles. The first-order valence-electron chi connectivity index (χ1n) is 7.73. The van der Waals surface area contributed by atoms with E-state index in [4.69, 9.17) is 9.47 Å². The van der Waals surface area contributed by atoms with E-state index in [-0.39, 0.29) is 29.3 Å². The Bertz CT molecular complexity index is 927. The van der Waals surface area contributed by atoms with Crippen LogP contribution >= 0.6 is 0 Å². The highest BCUT2D eigenvalue weighted by atomic mass is 32.2. The lowest BCUT2D eigenvalue weighted by Crippen LogP contribution is -2.40. The monoisotopic (exact) mass is 383 g/mol. The van der Waals surface area contributed by atoms with Gasteiger partial charge in [0, 0.05) is 19.2 Å². The fraction of sp³-hybridized carbons (Fsp3) is 0.235. The minimum Gasteiger partial charge on any atom is -0.423 e. The lowest BCUT2D eigenvalue weighted by molar-refractivity contribution is 0.0727. The Morgan fingerprint density at radius 3 is 2.46 bits per heavy atom. The molecular formula is C17H15F2NO5S. The third-order valence-electron chi connectivity index (χ3n) is 3.78. The van der Waals surface area contributed by atoms with E-state index in [9.17, 15) is 22.0 Å². The fourth-order valence-corrected chi connectivity index (χ4v) is 3.88. The van der Waals surface area contributed by atoms with Gasteiger partial charge in [-0.3, -0.25) is 0 Å². The van der Waals surface area contributed by atoms with Gasteiger partial charge in [-0.25, -0.2) is 22.0 Å². The van der Waals surface area contributed by atoms with Crippen molar-refractivity contribution >= 4 is 16.0 Å². The maximum atomic E-state index is 13.2. The van der Waals surface area contributed by atoms with Crippen molar-refractivity contribution < 1.29 is 31.5 Å². The van der Waals surface area contributed by atoms with Crippen molar-refractivity contribution in [2.75, 3.05) is 26.3 Å². The first-order valence-corrected chi connectivity index (χ1v) is 9.17. The third-order valence-corrected chi connectivity index (χ3v) is 5.67. The van der Waals surface area contributed by atoms with Gasteiger partial charge in [0.1, 0.15) is 5.75 Å². The molecule has 6 nitrogen and oxygen atoms in total. The number of morpholine rings is 1. The number of rotatable bonds is 4. The topological polar surface area (TPSA) is 72.9 Å². The van der Waals surface area contributed by atoms with Crippen molar-refractivity contribution in [1.82, 2.24) is 4.31 Å². The summed E-state index contributed by atoms with van der Waals surface area (Å²) in [7, 11) is -3.77. The number of hydrogen-bond donors (Lipinski definition) is 0. The molecule has 2 aromatic rings. The molecule has 2 aromatic carbocycles. The minimum absolute atomic E-state index is 0.0240. The van der Waals surface area contributed by atoms with E-state index >= 15 is 0 Å². The van der Waals surface area contributed by atoms with Crippen LogP contribution in [0.5, 0.6) is 5.75 Å². The van der Waals surface area contributed by atoms with Crippen LogP contribution in [0.1, 0.15) is 10.4 Å². The molecule has 3 rings (SSSR count). The maximum absolute atomic E-state index is 13.2. The summed E-state index contributed by atoms with van der Waals surface area (Å²) in [4.78, 5) is 12.1. The molecule has 1 aliphatic rings. The SMILES string of the molecule is O=C(Oc1ccc(F)c(F)c1)c1cccc(S(=O)(=O)N2CCOCC2)c1. The van der Waals surface area contributed by atoms with E-state index < -0.39 is 27.6 Å². The van der Waals surface area contributed by atoms with Gasteiger partial charge in [0.25, 0.3) is 0 Å². The summed E-state index contributed by atoms with van der Waals surface area (Å²) in [5, 5.41) is 0. The highest BCUT2D eigenvalue weighted by molar-refractivity contribution is 7.89. The second-order valence-electron chi connectivity index (χ2n) is 5.51. The van der Waals surface area contributed by atoms with E-state index in [0.29, 0.717) is 13.2 Å². The van der Waals surface area contributed by atoms with Gasteiger partial charge in [-0.15, -0.1) is 0 Å². The van der Waals surface area contributed by atoms with Gasteiger partial charge in [0.15, 0.2) is 11.6 Å². The summed E-state index contributed by atoms with van der Waals surface area (Å²) in [6.07, 6.45) is 0. The average molecular weight is 383 g/mol. The number of halogens is 2. The van der Waals surface area contributed by atoms with Crippen molar-refractivity contribution in [3.05, 3.63) is 59.7 Å². The standard InChI is InChI=1S/C17H15F2NO5S/c18-15-5-4-13(11-16(15)19)25-17(21)12-2-1-3-14(10-12)26(22,23)20-6-8-24-9-7-20/h1-5,10-11H,6-9H2. The number of carbonyl (C=O) groups is 1. The smallest absolute Gasteiger partial charge is 0.343 e. The largest absolute Gasteiger partial charge is 0.423 e. The molecule has 26 heavy (non-hydrogen) atoms. The minimum atomic E-state index is -3.77. The number of ether oxygens (including phenoxy) is 2. The Hall–Kier alpha value is -2.36. The zero-order valence-corrected chi connectivity index (χ0v) is 14.3. The van der Waals surface area contributed by atoms with Crippen LogP contribution in [0.3, 0.4) is 0 Å². The summed E-state index contributed by atoms with van der Waals surface area (Å²) >= 11 is 0. The Morgan fingerprint density at radius 2 is 1.77 bits per heavy atom. The van der Waals surface area contributed by atoms with Crippen molar-refractivity contribution in [3.8, 4) is 5.75 Å². The Morgan fingerprint density at radius 1 is 1.04 bits per heavy atom. The van der Waals surface area contributed by atoms with Crippen LogP contribution < -0.4 is 4.74 Å². The highest BCUT2D eigenvalue weighted by Gasteiger charge is 2.27. The predicted octanol–water partition coefficient (Wildman–Crippen LogP) is 2.20. The van der Waals surface area contributed by atoms with E-state index in [1.54, 1.807) is 0 Å². The van der Waals surface area contributed by atoms with Gasteiger partial charge >= 0.3 is 5.97 Å². The number of carbonyl (C=O) groups excluding carboxylic acids is 1. The molecule has 1 heterocycles. The van der Waals surface area contributed by atoms with Gasteiger partial charge in [-0.05, 0) is 30.3 Å². The summed E-state index contributed by atoms with van der Waals surface area (Å²) in [6.45, 7) is 1.06. The molecule has 0 N–H and O–H groups in total. The number of benzene rings is 2. The molecule has 1 fully saturated rings. The van der Waals surface area contributed by atoms with Gasteiger partial charge in [-0.1, -0.05) is 6.07 Å². The molecule has 138 valence electrons. The number of nitrogens with zero attached hydrogens (tertiary/aromatic N) is 1. The van der Waals surface area contributed by atoms with E-state index in [1.165, 1.54) is 28.6 Å². The molecule has 0 unspecified atom stereocenters. The average Bonchev–Trinajstić information content (AvgIpc) is 2.65. The molecule has 0 amide bonds. The van der Waals surface area contributed by atoms with E-state index in [1.807, 2.05) is 0 Å². The Kier molecular flexibility index (Phi) is 5.30. The molecule has 0 aromatic heterocycles. The fourth-order valence-electron chi connectivity index (χ4n) is 2.43. The van der Waals surface area contributed by atoms with Crippen molar-refractivity contribution in [2.45, 2.75) is 4.90 Å². The number of sulfonamides is 1. The van der Waals surface area contributed by atoms with Crippen LogP contribution in [-0.2, 0) is 14.8 Å². The highest BCUT2D eigenvalue weighted by Crippen LogP contribution is 2.21. The first kappa shape index (κ1) is 18.4. The molecule has 0 aliphatic carbocycles. The second-order valence-corrected chi connectivity index (χ2v) is 7.45. The molecule has 0 spiro atoms. The summed E-state index contributed by atoms with van der Waals surface area (Å²) in [6, 6.07) is 8.02. The third kappa shape index (κ3) is 3.90. The Labute approximate surface area is 149 Å². The van der Waals surface area contributed by atoms with Gasteiger partial charge in [0.2, 0.25) is 10.0 Å². The van der Waals surface area contributed by atoms with E-state index in [2.05, 4.69) is 0 Å². The zero-order chi connectivity index (χ0) is 18.7. The molecule has 0 radical (unpaired) electrons. The van der Waals surface area contributed by atoms with Crippen LogP contribution in [0.25, 0.3) is 0 Å². The predicted molar refractivity (Wildman–Crippen MR) is 87.3 cm³/mol. The zero-order valence-electron chi connectivity index (χ0n) is 13.5. The normalized spacial score (nSPS) is 15.6.